The molecular weight excluding hydrogens is 208 g/mol. The zero-order valence-electron chi connectivity index (χ0n) is 10.2. The minimum Gasteiger partial charge on any atom is -0.480 e. The lowest BCUT2D eigenvalue weighted by Gasteiger charge is -2.28. The van der Waals surface area contributed by atoms with Crippen LogP contribution in [0.1, 0.15) is 13.3 Å². The van der Waals surface area contributed by atoms with E-state index in [1.54, 1.807) is 6.92 Å². The summed E-state index contributed by atoms with van der Waals surface area (Å²) in [4.78, 5) is 15.0. The summed E-state index contributed by atoms with van der Waals surface area (Å²) in [5, 5.41) is 8.83. The molecule has 0 aliphatic carbocycles. The monoisotopic (exact) mass is 230 g/mol. The van der Waals surface area contributed by atoms with Crippen LogP contribution in [0.25, 0.3) is 0 Å². The van der Waals surface area contributed by atoms with Crippen molar-refractivity contribution in [1.29, 1.82) is 0 Å². The van der Waals surface area contributed by atoms with Crippen LogP contribution in [-0.4, -0.2) is 73.4 Å². The number of morpholine rings is 1. The van der Waals surface area contributed by atoms with E-state index in [9.17, 15) is 4.79 Å². The highest BCUT2D eigenvalue weighted by Crippen LogP contribution is 2.01. The molecule has 1 aliphatic rings. The molecule has 1 atom stereocenters. The normalized spacial score (nSPS) is 19.9. The van der Waals surface area contributed by atoms with E-state index < -0.39 is 12.0 Å². The SMILES string of the molecule is CC(C(=O)O)N(C)CCCN1CCOCC1. The summed E-state index contributed by atoms with van der Waals surface area (Å²) >= 11 is 0. The minimum absolute atomic E-state index is 0.398. The van der Waals surface area contributed by atoms with Crippen molar-refractivity contribution in [2.75, 3.05) is 46.4 Å². The number of carboxylic acid groups (broad SMARTS) is 1. The summed E-state index contributed by atoms with van der Waals surface area (Å²) < 4.78 is 5.27. The van der Waals surface area contributed by atoms with Gasteiger partial charge in [-0.3, -0.25) is 14.6 Å². The molecule has 16 heavy (non-hydrogen) atoms. The van der Waals surface area contributed by atoms with E-state index >= 15 is 0 Å². The van der Waals surface area contributed by atoms with Crippen LogP contribution >= 0.6 is 0 Å². The number of carboxylic acids is 1. The van der Waals surface area contributed by atoms with Gasteiger partial charge in [0.15, 0.2) is 0 Å². The summed E-state index contributed by atoms with van der Waals surface area (Å²) in [5.41, 5.74) is 0. The van der Waals surface area contributed by atoms with Crippen LogP contribution in [0.2, 0.25) is 0 Å². The van der Waals surface area contributed by atoms with Crippen molar-refractivity contribution in [2.24, 2.45) is 0 Å². The lowest BCUT2D eigenvalue weighted by molar-refractivity contribution is -0.142. The van der Waals surface area contributed by atoms with Gasteiger partial charge in [0.1, 0.15) is 6.04 Å². The Morgan fingerprint density at radius 1 is 1.50 bits per heavy atom. The van der Waals surface area contributed by atoms with E-state index in [-0.39, 0.29) is 0 Å². The maximum absolute atomic E-state index is 10.7. The molecule has 1 aliphatic heterocycles. The Balaban J connectivity index is 2.11. The van der Waals surface area contributed by atoms with Gasteiger partial charge in [-0.2, -0.15) is 0 Å². The van der Waals surface area contributed by atoms with Crippen molar-refractivity contribution in [3.8, 4) is 0 Å². The molecule has 94 valence electrons. The molecule has 1 fully saturated rings. The van der Waals surface area contributed by atoms with Gasteiger partial charge in [0.05, 0.1) is 13.2 Å². The largest absolute Gasteiger partial charge is 0.480 e. The van der Waals surface area contributed by atoms with Crippen molar-refractivity contribution in [2.45, 2.75) is 19.4 Å². The highest BCUT2D eigenvalue weighted by molar-refractivity contribution is 5.72. The summed E-state index contributed by atoms with van der Waals surface area (Å²) in [6.45, 7) is 7.21. The van der Waals surface area contributed by atoms with Gasteiger partial charge in [0.25, 0.3) is 0 Å². The average Bonchev–Trinajstić information content (AvgIpc) is 2.29. The maximum Gasteiger partial charge on any atom is 0.320 e. The zero-order chi connectivity index (χ0) is 12.0. The Morgan fingerprint density at radius 3 is 2.69 bits per heavy atom. The summed E-state index contributed by atoms with van der Waals surface area (Å²) in [5.74, 6) is -0.756. The molecule has 0 aromatic carbocycles. The van der Waals surface area contributed by atoms with Crippen molar-refractivity contribution >= 4 is 5.97 Å². The fourth-order valence-corrected chi connectivity index (χ4v) is 1.75. The highest BCUT2D eigenvalue weighted by atomic mass is 16.5. The van der Waals surface area contributed by atoms with E-state index in [0.29, 0.717) is 0 Å². The second kappa shape index (κ2) is 6.83. The molecule has 1 N–H and O–H groups in total. The smallest absolute Gasteiger partial charge is 0.320 e. The summed E-state index contributed by atoms with van der Waals surface area (Å²) in [6, 6.07) is -0.398. The van der Waals surface area contributed by atoms with Gasteiger partial charge in [-0.15, -0.1) is 0 Å². The fraction of sp³-hybridized carbons (Fsp3) is 0.909. The lowest BCUT2D eigenvalue weighted by Crippen LogP contribution is -2.40. The number of carbonyl (C=O) groups is 1. The van der Waals surface area contributed by atoms with Crippen LogP contribution in [-0.2, 0) is 9.53 Å². The first-order valence-corrected chi connectivity index (χ1v) is 5.84. The molecular formula is C11H22N2O3. The first kappa shape index (κ1) is 13.4. The molecule has 0 bridgehead atoms. The summed E-state index contributed by atoms with van der Waals surface area (Å²) in [7, 11) is 1.86. The van der Waals surface area contributed by atoms with Gasteiger partial charge in [0.2, 0.25) is 0 Å². The van der Waals surface area contributed by atoms with E-state index in [4.69, 9.17) is 9.84 Å². The van der Waals surface area contributed by atoms with E-state index in [2.05, 4.69) is 4.90 Å². The Labute approximate surface area is 97.0 Å². The molecule has 1 saturated heterocycles. The number of rotatable bonds is 6. The van der Waals surface area contributed by atoms with Gasteiger partial charge < -0.3 is 9.84 Å². The summed E-state index contributed by atoms with van der Waals surface area (Å²) in [6.07, 6.45) is 1.01. The number of hydrogen-bond donors (Lipinski definition) is 1. The number of likely N-dealkylation sites (N-methyl/N-ethyl adjacent to an activating group) is 1. The van der Waals surface area contributed by atoms with Crippen molar-refractivity contribution in [1.82, 2.24) is 9.80 Å². The van der Waals surface area contributed by atoms with Crippen LogP contribution in [0.3, 0.4) is 0 Å². The number of nitrogens with zero attached hydrogens (tertiary/aromatic N) is 2. The van der Waals surface area contributed by atoms with Gasteiger partial charge in [-0.25, -0.2) is 0 Å². The number of hydrogen-bond acceptors (Lipinski definition) is 4. The van der Waals surface area contributed by atoms with Crippen molar-refractivity contribution < 1.29 is 14.6 Å². The molecule has 0 aromatic rings. The molecule has 5 nitrogen and oxygen atoms in total. The molecule has 0 spiro atoms. The quantitative estimate of drug-likeness (QED) is 0.702. The zero-order valence-corrected chi connectivity index (χ0v) is 10.2. The molecule has 5 heteroatoms. The predicted molar refractivity (Wildman–Crippen MR) is 61.6 cm³/mol. The predicted octanol–water partition coefficient (Wildman–Crippen LogP) is 0.114. The Hall–Kier alpha value is -0.650. The molecule has 0 aromatic heterocycles. The topological polar surface area (TPSA) is 53.0 Å². The second-order valence-electron chi connectivity index (χ2n) is 4.30. The molecule has 0 radical (unpaired) electrons. The fourth-order valence-electron chi connectivity index (χ4n) is 1.75. The van der Waals surface area contributed by atoms with Gasteiger partial charge >= 0.3 is 5.97 Å². The Kier molecular flexibility index (Phi) is 5.73. The molecule has 1 rings (SSSR count). The third-order valence-corrected chi connectivity index (χ3v) is 3.11. The molecule has 0 saturated carbocycles. The van der Waals surface area contributed by atoms with Crippen molar-refractivity contribution in [3.05, 3.63) is 0 Å². The lowest BCUT2D eigenvalue weighted by atomic mass is 10.2. The van der Waals surface area contributed by atoms with Crippen LogP contribution in [0, 0.1) is 0 Å². The minimum atomic E-state index is -0.756. The second-order valence-corrected chi connectivity index (χ2v) is 4.30. The Bertz CT molecular complexity index is 217. The number of aliphatic carboxylic acids is 1. The third-order valence-electron chi connectivity index (χ3n) is 3.11. The first-order chi connectivity index (χ1) is 7.61. The van der Waals surface area contributed by atoms with Crippen LogP contribution in [0.15, 0.2) is 0 Å². The Morgan fingerprint density at radius 2 is 2.12 bits per heavy atom. The molecule has 1 heterocycles. The molecule has 1 unspecified atom stereocenters. The number of ether oxygens (including phenoxy) is 1. The van der Waals surface area contributed by atoms with E-state index in [1.807, 2.05) is 11.9 Å². The van der Waals surface area contributed by atoms with E-state index in [1.165, 1.54) is 0 Å². The van der Waals surface area contributed by atoms with Gasteiger partial charge in [-0.05, 0) is 33.5 Å². The third kappa shape index (κ3) is 4.47. The molecule has 0 amide bonds. The van der Waals surface area contributed by atoms with Crippen LogP contribution < -0.4 is 0 Å². The van der Waals surface area contributed by atoms with Gasteiger partial charge in [0, 0.05) is 13.1 Å². The average molecular weight is 230 g/mol. The van der Waals surface area contributed by atoms with Crippen LogP contribution in [0.5, 0.6) is 0 Å². The van der Waals surface area contributed by atoms with Gasteiger partial charge in [-0.1, -0.05) is 0 Å². The van der Waals surface area contributed by atoms with E-state index in [0.717, 1.165) is 45.8 Å². The van der Waals surface area contributed by atoms with Crippen molar-refractivity contribution in [3.63, 3.8) is 0 Å². The maximum atomic E-state index is 10.7. The standard InChI is InChI=1S/C11H22N2O3/c1-10(11(14)15)12(2)4-3-5-13-6-8-16-9-7-13/h10H,3-9H2,1-2H3,(H,14,15). The highest BCUT2D eigenvalue weighted by Gasteiger charge is 2.16. The van der Waals surface area contributed by atoms with Crippen LogP contribution in [0.4, 0.5) is 0 Å². The first-order valence-electron chi connectivity index (χ1n) is 5.84.